The molecule has 128 valence electrons. The summed E-state index contributed by atoms with van der Waals surface area (Å²) in [5.74, 6) is -1.63. The molecule has 10 heteroatoms. The maximum atomic E-state index is 12.5. The number of anilines is 1. The molecular formula is C13H15ClF3N3O3. The number of hydrogen-bond acceptors (Lipinski definition) is 4. The molecule has 1 rings (SSSR count). The molecule has 0 spiro atoms. The molecule has 1 unspecified atom stereocenters. The quantitative estimate of drug-likeness (QED) is 0.700. The van der Waals surface area contributed by atoms with Gasteiger partial charge in [-0.1, -0.05) is 18.5 Å². The molecule has 1 aromatic rings. The van der Waals surface area contributed by atoms with Crippen molar-refractivity contribution in [2.45, 2.75) is 32.0 Å². The zero-order chi connectivity index (χ0) is 17.6. The largest absolute Gasteiger partial charge is 0.480 e. The fourth-order valence-corrected chi connectivity index (χ4v) is 1.86. The summed E-state index contributed by atoms with van der Waals surface area (Å²) in [6.07, 6.45) is -3.75. The highest BCUT2D eigenvalue weighted by atomic mass is 35.5. The van der Waals surface area contributed by atoms with Crippen LogP contribution in [0.25, 0.3) is 0 Å². The molecule has 0 aromatic carbocycles. The molecule has 0 aliphatic rings. The first-order chi connectivity index (χ1) is 10.6. The van der Waals surface area contributed by atoms with E-state index in [9.17, 15) is 22.8 Å². The van der Waals surface area contributed by atoms with Crippen molar-refractivity contribution < 1.29 is 27.9 Å². The zero-order valence-electron chi connectivity index (χ0n) is 12.1. The van der Waals surface area contributed by atoms with Gasteiger partial charge in [-0.2, -0.15) is 13.2 Å². The third-order valence-corrected chi connectivity index (χ3v) is 3.14. The Morgan fingerprint density at radius 2 is 2.09 bits per heavy atom. The van der Waals surface area contributed by atoms with Gasteiger partial charge in [0.2, 0.25) is 5.91 Å². The Balaban J connectivity index is 2.53. The number of carbonyl (C=O) groups excluding carboxylic acids is 1. The monoisotopic (exact) mass is 353 g/mol. The molecule has 0 saturated heterocycles. The van der Waals surface area contributed by atoms with Gasteiger partial charge in [0, 0.05) is 19.2 Å². The minimum absolute atomic E-state index is 0.0118. The van der Waals surface area contributed by atoms with E-state index in [2.05, 4.69) is 15.6 Å². The fraction of sp³-hybridized carbons (Fsp3) is 0.462. The SMILES string of the molecule is CCC(NC(=O)CCNc1ncc(C(F)(F)F)cc1Cl)C(=O)O. The number of pyridine rings is 1. The van der Waals surface area contributed by atoms with Crippen LogP contribution in [-0.2, 0) is 15.8 Å². The standard InChI is InChI=1S/C13H15ClF3N3O3/c1-2-9(12(22)23)20-10(21)3-4-18-11-8(14)5-7(6-19-11)13(15,16)17/h5-6,9H,2-4H2,1H3,(H,18,19)(H,20,21)(H,22,23). The summed E-state index contributed by atoms with van der Waals surface area (Å²) in [6.45, 7) is 1.66. The van der Waals surface area contributed by atoms with Gasteiger partial charge < -0.3 is 15.7 Å². The van der Waals surface area contributed by atoms with Crippen molar-refractivity contribution in [2.24, 2.45) is 0 Å². The van der Waals surface area contributed by atoms with Crippen LogP contribution in [0.3, 0.4) is 0 Å². The number of carboxylic acids is 1. The van der Waals surface area contributed by atoms with Crippen LogP contribution >= 0.6 is 11.6 Å². The normalized spacial score (nSPS) is 12.6. The second-order valence-corrected chi connectivity index (χ2v) is 5.00. The van der Waals surface area contributed by atoms with Crippen molar-refractivity contribution in [2.75, 3.05) is 11.9 Å². The minimum atomic E-state index is -4.54. The third-order valence-electron chi connectivity index (χ3n) is 2.85. The van der Waals surface area contributed by atoms with Gasteiger partial charge in [0.1, 0.15) is 11.9 Å². The molecule has 1 amide bonds. The van der Waals surface area contributed by atoms with E-state index in [1.165, 1.54) is 0 Å². The summed E-state index contributed by atoms with van der Waals surface area (Å²) < 4.78 is 37.4. The third kappa shape index (κ3) is 5.93. The Morgan fingerprint density at radius 1 is 1.43 bits per heavy atom. The average molecular weight is 354 g/mol. The number of carboxylic acid groups (broad SMARTS) is 1. The van der Waals surface area contributed by atoms with E-state index in [0.29, 0.717) is 6.20 Å². The molecule has 0 radical (unpaired) electrons. The number of hydrogen-bond donors (Lipinski definition) is 3. The number of carbonyl (C=O) groups is 2. The molecule has 6 nitrogen and oxygen atoms in total. The molecule has 0 aliphatic carbocycles. The maximum absolute atomic E-state index is 12.5. The van der Waals surface area contributed by atoms with Crippen LogP contribution in [0.4, 0.5) is 19.0 Å². The van der Waals surface area contributed by atoms with Crippen LogP contribution in [0, 0.1) is 0 Å². The van der Waals surface area contributed by atoms with Crippen LogP contribution in [0.5, 0.6) is 0 Å². The minimum Gasteiger partial charge on any atom is -0.480 e. The number of amides is 1. The van der Waals surface area contributed by atoms with Crippen molar-refractivity contribution in [3.05, 3.63) is 22.8 Å². The molecule has 0 aliphatic heterocycles. The summed E-state index contributed by atoms with van der Waals surface area (Å²) in [5.41, 5.74) is -0.974. The van der Waals surface area contributed by atoms with Gasteiger partial charge in [-0.3, -0.25) is 4.79 Å². The van der Waals surface area contributed by atoms with Gasteiger partial charge >= 0.3 is 12.1 Å². The highest BCUT2D eigenvalue weighted by molar-refractivity contribution is 6.32. The van der Waals surface area contributed by atoms with E-state index in [1.54, 1.807) is 6.92 Å². The van der Waals surface area contributed by atoms with Crippen molar-refractivity contribution in [1.82, 2.24) is 10.3 Å². The highest BCUT2D eigenvalue weighted by Gasteiger charge is 2.31. The Morgan fingerprint density at radius 3 is 2.57 bits per heavy atom. The van der Waals surface area contributed by atoms with Gasteiger partial charge in [0.25, 0.3) is 0 Å². The van der Waals surface area contributed by atoms with Crippen LogP contribution in [0.2, 0.25) is 5.02 Å². The average Bonchev–Trinajstić information content (AvgIpc) is 2.45. The lowest BCUT2D eigenvalue weighted by Gasteiger charge is -2.13. The highest BCUT2D eigenvalue weighted by Crippen LogP contribution is 2.32. The summed E-state index contributed by atoms with van der Waals surface area (Å²) >= 11 is 5.70. The Hall–Kier alpha value is -2.03. The summed E-state index contributed by atoms with van der Waals surface area (Å²) in [7, 11) is 0. The van der Waals surface area contributed by atoms with E-state index >= 15 is 0 Å². The number of halogens is 4. The lowest BCUT2D eigenvalue weighted by molar-refractivity contribution is -0.141. The smallest absolute Gasteiger partial charge is 0.417 e. The Labute approximate surface area is 135 Å². The molecule has 1 atom stereocenters. The van der Waals surface area contributed by atoms with E-state index in [1.807, 2.05) is 0 Å². The van der Waals surface area contributed by atoms with Gasteiger partial charge in [-0.05, 0) is 12.5 Å². The lowest BCUT2D eigenvalue weighted by atomic mass is 10.2. The second-order valence-electron chi connectivity index (χ2n) is 4.60. The number of aromatic nitrogens is 1. The lowest BCUT2D eigenvalue weighted by Crippen LogP contribution is -2.40. The summed E-state index contributed by atoms with van der Waals surface area (Å²) in [5, 5.41) is 13.5. The molecule has 0 bridgehead atoms. The molecular weight excluding hydrogens is 339 g/mol. The predicted molar refractivity (Wildman–Crippen MR) is 77.2 cm³/mol. The van der Waals surface area contributed by atoms with Crippen molar-refractivity contribution in [3.8, 4) is 0 Å². The summed E-state index contributed by atoms with van der Waals surface area (Å²) in [4.78, 5) is 25.9. The number of rotatable bonds is 7. The van der Waals surface area contributed by atoms with Gasteiger partial charge in [0.15, 0.2) is 0 Å². The molecule has 0 fully saturated rings. The van der Waals surface area contributed by atoms with Crippen LogP contribution < -0.4 is 10.6 Å². The van der Waals surface area contributed by atoms with E-state index in [0.717, 1.165) is 6.07 Å². The van der Waals surface area contributed by atoms with Gasteiger partial charge in [-0.15, -0.1) is 0 Å². The number of alkyl halides is 3. The Kier molecular flexibility index (Phi) is 6.62. The molecule has 1 heterocycles. The van der Waals surface area contributed by atoms with E-state index < -0.39 is 29.7 Å². The maximum Gasteiger partial charge on any atom is 0.417 e. The van der Waals surface area contributed by atoms with Crippen molar-refractivity contribution in [1.29, 1.82) is 0 Å². The van der Waals surface area contributed by atoms with Crippen molar-refractivity contribution >= 4 is 29.3 Å². The topological polar surface area (TPSA) is 91.3 Å². The second kappa shape index (κ2) is 8.00. The first kappa shape index (κ1) is 19.0. The van der Waals surface area contributed by atoms with E-state index in [4.69, 9.17) is 16.7 Å². The molecule has 1 aromatic heterocycles. The molecule has 23 heavy (non-hydrogen) atoms. The molecule has 3 N–H and O–H groups in total. The first-order valence-corrected chi connectivity index (χ1v) is 7.01. The van der Waals surface area contributed by atoms with Crippen LogP contribution in [0.15, 0.2) is 12.3 Å². The van der Waals surface area contributed by atoms with Gasteiger partial charge in [-0.25, -0.2) is 9.78 Å². The predicted octanol–water partition coefficient (Wildman–Crippen LogP) is 2.54. The van der Waals surface area contributed by atoms with Crippen LogP contribution in [-0.4, -0.2) is 34.6 Å². The fourth-order valence-electron chi connectivity index (χ4n) is 1.62. The van der Waals surface area contributed by atoms with Crippen LogP contribution in [0.1, 0.15) is 25.3 Å². The number of aliphatic carboxylic acids is 1. The number of nitrogens with one attached hydrogen (secondary N) is 2. The van der Waals surface area contributed by atoms with Gasteiger partial charge in [0.05, 0.1) is 10.6 Å². The Bertz CT molecular complexity index is 581. The summed E-state index contributed by atoms with van der Waals surface area (Å²) in [6, 6.07) is -0.246. The zero-order valence-corrected chi connectivity index (χ0v) is 12.8. The molecule has 0 saturated carbocycles. The van der Waals surface area contributed by atoms with Crippen molar-refractivity contribution in [3.63, 3.8) is 0 Å². The number of nitrogens with zero attached hydrogens (tertiary/aromatic N) is 1. The first-order valence-electron chi connectivity index (χ1n) is 6.64. The van der Waals surface area contributed by atoms with E-state index in [-0.39, 0.29) is 30.2 Å².